The minimum absolute atomic E-state index is 0.0519. The number of rotatable bonds is 5. The average Bonchev–Trinajstić information content (AvgIpc) is 3.14. The maximum Gasteiger partial charge on any atom is 0.244 e. The maximum absolute atomic E-state index is 12.2. The van der Waals surface area contributed by atoms with Crippen molar-refractivity contribution in [3.63, 3.8) is 0 Å². The van der Waals surface area contributed by atoms with Gasteiger partial charge in [-0.1, -0.05) is 18.9 Å². The summed E-state index contributed by atoms with van der Waals surface area (Å²) < 4.78 is 1.96. The summed E-state index contributed by atoms with van der Waals surface area (Å²) in [4.78, 5) is 12.2. The molecule has 1 aliphatic rings. The van der Waals surface area contributed by atoms with Crippen molar-refractivity contribution in [3.8, 4) is 0 Å². The molecule has 0 bridgehead atoms. The summed E-state index contributed by atoms with van der Waals surface area (Å²) in [6.07, 6.45) is 6.53. The van der Waals surface area contributed by atoms with Gasteiger partial charge in [0, 0.05) is 11.8 Å². The molecule has 5 nitrogen and oxygen atoms in total. The van der Waals surface area contributed by atoms with Gasteiger partial charge >= 0.3 is 0 Å². The van der Waals surface area contributed by atoms with Gasteiger partial charge in [0.2, 0.25) is 5.91 Å². The molecule has 122 valence electrons. The number of hydrogen-bond donors (Lipinski definition) is 2. The molecule has 0 unspecified atom stereocenters. The highest BCUT2D eigenvalue weighted by Crippen LogP contribution is 2.31. The summed E-state index contributed by atoms with van der Waals surface area (Å²) in [6.45, 7) is 4.36. The van der Waals surface area contributed by atoms with Gasteiger partial charge in [-0.3, -0.25) is 4.79 Å². The standard InChI is InChI=1S/C18H24N4O/c1-13-9-14(2)11-15(10-13)19-12-18(23)21-17-7-8-20-22(17)16-5-3-4-6-16/h7-11,16,19H,3-6,12H2,1-2H3,(H,21,23). The topological polar surface area (TPSA) is 59.0 Å². The third-order valence-electron chi connectivity index (χ3n) is 4.28. The third-order valence-corrected chi connectivity index (χ3v) is 4.28. The van der Waals surface area contributed by atoms with E-state index in [-0.39, 0.29) is 12.5 Å². The molecular formula is C18H24N4O. The summed E-state index contributed by atoms with van der Waals surface area (Å²) in [6, 6.07) is 8.50. The number of hydrogen-bond acceptors (Lipinski definition) is 3. The number of nitrogens with zero attached hydrogens (tertiary/aromatic N) is 2. The van der Waals surface area contributed by atoms with Gasteiger partial charge < -0.3 is 10.6 Å². The molecule has 5 heteroatoms. The summed E-state index contributed by atoms with van der Waals surface area (Å²) in [5, 5.41) is 10.5. The van der Waals surface area contributed by atoms with Crippen molar-refractivity contribution in [2.45, 2.75) is 45.6 Å². The van der Waals surface area contributed by atoms with Gasteiger partial charge in [-0.05, 0) is 49.9 Å². The molecule has 0 spiro atoms. The quantitative estimate of drug-likeness (QED) is 0.885. The molecule has 0 radical (unpaired) electrons. The first kappa shape index (κ1) is 15.6. The summed E-state index contributed by atoms with van der Waals surface area (Å²) in [7, 11) is 0. The summed E-state index contributed by atoms with van der Waals surface area (Å²) >= 11 is 0. The number of anilines is 2. The second-order valence-electron chi connectivity index (χ2n) is 6.38. The molecule has 0 aliphatic heterocycles. The number of carbonyl (C=O) groups is 1. The molecule has 3 rings (SSSR count). The van der Waals surface area contributed by atoms with Gasteiger partial charge in [0.1, 0.15) is 5.82 Å². The van der Waals surface area contributed by atoms with Crippen LogP contribution in [0, 0.1) is 13.8 Å². The normalized spacial score (nSPS) is 14.9. The summed E-state index contributed by atoms with van der Waals surface area (Å²) in [5.41, 5.74) is 3.35. The van der Waals surface area contributed by atoms with Crippen molar-refractivity contribution >= 4 is 17.4 Å². The molecule has 2 aromatic rings. The Balaban J connectivity index is 1.58. The highest BCUT2D eigenvalue weighted by Gasteiger charge is 2.20. The molecule has 0 saturated heterocycles. The lowest BCUT2D eigenvalue weighted by Crippen LogP contribution is -2.24. The first-order valence-electron chi connectivity index (χ1n) is 8.27. The van der Waals surface area contributed by atoms with Gasteiger partial charge in [-0.15, -0.1) is 0 Å². The van der Waals surface area contributed by atoms with Gasteiger partial charge in [0.15, 0.2) is 0 Å². The first-order chi connectivity index (χ1) is 11.1. The average molecular weight is 312 g/mol. The highest BCUT2D eigenvalue weighted by atomic mass is 16.2. The molecule has 0 atom stereocenters. The number of nitrogens with one attached hydrogen (secondary N) is 2. The Labute approximate surface area is 137 Å². The molecule has 1 saturated carbocycles. The van der Waals surface area contributed by atoms with E-state index in [1.54, 1.807) is 6.20 Å². The van der Waals surface area contributed by atoms with Gasteiger partial charge in [-0.2, -0.15) is 5.10 Å². The van der Waals surface area contributed by atoms with E-state index in [2.05, 4.69) is 35.6 Å². The Bertz CT molecular complexity index is 666. The number of aryl methyl sites for hydroxylation is 2. The fourth-order valence-electron chi connectivity index (χ4n) is 3.30. The second kappa shape index (κ2) is 6.86. The van der Waals surface area contributed by atoms with E-state index in [9.17, 15) is 4.79 Å². The molecule has 1 aromatic carbocycles. The predicted octanol–water partition coefficient (Wildman–Crippen LogP) is 3.67. The van der Waals surface area contributed by atoms with Crippen LogP contribution in [0.1, 0.15) is 42.9 Å². The minimum Gasteiger partial charge on any atom is -0.376 e. The largest absolute Gasteiger partial charge is 0.376 e. The Morgan fingerprint density at radius 3 is 2.61 bits per heavy atom. The Morgan fingerprint density at radius 2 is 1.91 bits per heavy atom. The lowest BCUT2D eigenvalue weighted by molar-refractivity contribution is -0.114. The second-order valence-corrected chi connectivity index (χ2v) is 6.38. The van der Waals surface area contributed by atoms with Crippen LogP contribution in [0.15, 0.2) is 30.5 Å². The van der Waals surface area contributed by atoms with Crippen LogP contribution in [0.5, 0.6) is 0 Å². The van der Waals surface area contributed by atoms with E-state index in [4.69, 9.17) is 0 Å². The zero-order chi connectivity index (χ0) is 16.2. The van der Waals surface area contributed by atoms with E-state index in [1.807, 2.05) is 22.9 Å². The van der Waals surface area contributed by atoms with Crippen LogP contribution in [0.4, 0.5) is 11.5 Å². The Hall–Kier alpha value is -2.30. The molecule has 1 aromatic heterocycles. The third kappa shape index (κ3) is 3.92. The molecule has 23 heavy (non-hydrogen) atoms. The van der Waals surface area contributed by atoms with Crippen molar-refractivity contribution < 1.29 is 4.79 Å². The van der Waals surface area contributed by atoms with Crippen molar-refractivity contribution in [2.24, 2.45) is 0 Å². The number of aromatic nitrogens is 2. The van der Waals surface area contributed by atoms with Crippen LogP contribution in [0.2, 0.25) is 0 Å². The predicted molar refractivity (Wildman–Crippen MR) is 92.8 cm³/mol. The number of amides is 1. The summed E-state index contributed by atoms with van der Waals surface area (Å²) in [5.74, 6) is 0.744. The molecule has 2 N–H and O–H groups in total. The molecular weight excluding hydrogens is 288 g/mol. The van der Waals surface area contributed by atoms with E-state index in [0.29, 0.717) is 6.04 Å². The molecule has 1 aliphatic carbocycles. The smallest absolute Gasteiger partial charge is 0.244 e. The Kier molecular flexibility index (Phi) is 4.65. The fourth-order valence-corrected chi connectivity index (χ4v) is 3.30. The van der Waals surface area contributed by atoms with Crippen LogP contribution in [-0.2, 0) is 4.79 Å². The van der Waals surface area contributed by atoms with Gasteiger partial charge in [0.25, 0.3) is 0 Å². The minimum atomic E-state index is -0.0519. The number of carbonyl (C=O) groups excluding carboxylic acids is 1. The van der Waals surface area contributed by atoms with E-state index in [1.165, 1.54) is 24.0 Å². The van der Waals surface area contributed by atoms with E-state index >= 15 is 0 Å². The van der Waals surface area contributed by atoms with Gasteiger partial charge in [-0.25, -0.2) is 4.68 Å². The number of benzene rings is 1. The van der Waals surface area contributed by atoms with Crippen LogP contribution >= 0.6 is 0 Å². The van der Waals surface area contributed by atoms with Crippen molar-refractivity contribution in [2.75, 3.05) is 17.2 Å². The van der Waals surface area contributed by atoms with E-state index in [0.717, 1.165) is 24.3 Å². The van der Waals surface area contributed by atoms with Crippen LogP contribution < -0.4 is 10.6 Å². The fraction of sp³-hybridized carbons (Fsp3) is 0.444. The molecule has 1 fully saturated rings. The zero-order valence-electron chi connectivity index (χ0n) is 13.8. The van der Waals surface area contributed by atoms with E-state index < -0.39 is 0 Å². The lowest BCUT2D eigenvalue weighted by Gasteiger charge is -2.15. The lowest BCUT2D eigenvalue weighted by atomic mass is 10.1. The van der Waals surface area contributed by atoms with Crippen molar-refractivity contribution in [1.29, 1.82) is 0 Å². The zero-order valence-corrected chi connectivity index (χ0v) is 13.8. The SMILES string of the molecule is Cc1cc(C)cc(NCC(=O)Nc2ccnn2C2CCCC2)c1. The molecule has 1 heterocycles. The van der Waals surface area contributed by atoms with Crippen molar-refractivity contribution in [1.82, 2.24) is 9.78 Å². The van der Waals surface area contributed by atoms with Crippen LogP contribution in [0.3, 0.4) is 0 Å². The first-order valence-corrected chi connectivity index (χ1v) is 8.27. The highest BCUT2D eigenvalue weighted by molar-refractivity contribution is 5.93. The van der Waals surface area contributed by atoms with Crippen LogP contribution in [0.25, 0.3) is 0 Å². The van der Waals surface area contributed by atoms with Crippen LogP contribution in [-0.4, -0.2) is 22.2 Å². The monoisotopic (exact) mass is 312 g/mol. The molecule has 1 amide bonds. The Morgan fingerprint density at radius 1 is 1.22 bits per heavy atom. The maximum atomic E-state index is 12.2. The van der Waals surface area contributed by atoms with Gasteiger partial charge in [0.05, 0.1) is 18.8 Å². The van der Waals surface area contributed by atoms with Crippen molar-refractivity contribution in [3.05, 3.63) is 41.6 Å².